The minimum Gasteiger partial charge on any atom is -0.465 e. The molecule has 0 spiro atoms. The number of anilines is 1. The number of carbonyl (C=O) groups is 1. The van der Waals surface area contributed by atoms with Crippen LogP contribution in [-0.2, 0) is 0 Å². The van der Waals surface area contributed by atoms with E-state index in [1.54, 1.807) is 0 Å². The highest BCUT2D eigenvalue weighted by Gasteiger charge is 2.22. The Morgan fingerprint density at radius 1 is 1.33 bits per heavy atom. The van der Waals surface area contributed by atoms with Crippen molar-refractivity contribution >= 4 is 11.9 Å². The Balaban J connectivity index is 1.81. The number of carboxylic acid groups (broad SMARTS) is 1. The highest BCUT2D eigenvalue weighted by atomic mass is 19.1. The first kappa shape index (κ1) is 12.6. The summed E-state index contributed by atoms with van der Waals surface area (Å²) in [7, 11) is 0. The van der Waals surface area contributed by atoms with Gasteiger partial charge in [-0.1, -0.05) is 0 Å². The SMILES string of the molecule is O=C(O)NC1CCC(Nc2cc(F)ccn2)CC1. The molecule has 0 atom stereocenters. The largest absolute Gasteiger partial charge is 0.465 e. The lowest BCUT2D eigenvalue weighted by atomic mass is 9.91. The van der Waals surface area contributed by atoms with Crippen molar-refractivity contribution in [3.63, 3.8) is 0 Å². The van der Waals surface area contributed by atoms with Crippen LogP contribution in [0, 0.1) is 5.82 Å². The van der Waals surface area contributed by atoms with Crippen molar-refractivity contribution in [3.8, 4) is 0 Å². The van der Waals surface area contributed by atoms with Crippen LogP contribution in [0.5, 0.6) is 0 Å². The number of amides is 1. The molecule has 6 heteroatoms. The average Bonchev–Trinajstić information content (AvgIpc) is 2.31. The molecular formula is C12H16FN3O2. The molecule has 1 saturated carbocycles. The number of nitrogens with zero attached hydrogens (tertiary/aromatic N) is 1. The van der Waals surface area contributed by atoms with Gasteiger partial charge in [0.05, 0.1) is 0 Å². The van der Waals surface area contributed by atoms with Crippen LogP contribution in [0.15, 0.2) is 18.3 Å². The maximum absolute atomic E-state index is 13.0. The second-order valence-electron chi connectivity index (χ2n) is 4.50. The van der Waals surface area contributed by atoms with Crippen molar-refractivity contribution in [3.05, 3.63) is 24.1 Å². The van der Waals surface area contributed by atoms with Crippen LogP contribution < -0.4 is 10.6 Å². The summed E-state index contributed by atoms with van der Waals surface area (Å²) in [6, 6.07) is 2.92. The van der Waals surface area contributed by atoms with Crippen molar-refractivity contribution in [2.24, 2.45) is 0 Å². The predicted octanol–water partition coefficient (Wildman–Crippen LogP) is 2.21. The first-order valence-electron chi connectivity index (χ1n) is 6.01. The van der Waals surface area contributed by atoms with E-state index in [2.05, 4.69) is 15.6 Å². The number of hydrogen-bond donors (Lipinski definition) is 3. The first-order valence-corrected chi connectivity index (χ1v) is 6.01. The third-order valence-electron chi connectivity index (χ3n) is 3.13. The molecule has 5 nitrogen and oxygen atoms in total. The zero-order valence-electron chi connectivity index (χ0n) is 9.90. The van der Waals surface area contributed by atoms with Gasteiger partial charge in [0.2, 0.25) is 0 Å². The molecular weight excluding hydrogens is 237 g/mol. The van der Waals surface area contributed by atoms with Gasteiger partial charge in [-0.05, 0) is 31.7 Å². The van der Waals surface area contributed by atoms with E-state index in [4.69, 9.17) is 5.11 Å². The van der Waals surface area contributed by atoms with Gasteiger partial charge in [0.1, 0.15) is 11.6 Å². The van der Waals surface area contributed by atoms with Crippen LogP contribution in [-0.4, -0.2) is 28.3 Å². The Hall–Kier alpha value is -1.85. The van der Waals surface area contributed by atoms with Gasteiger partial charge in [0.25, 0.3) is 0 Å². The summed E-state index contributed by atoms with van der Waals surface area (Å²) in [5.41, 5.74) is 0. The fourth-order valence-corrected chi connectivity index (χ4v) is 2.25. The van der Waals surface area contributed by atoms with Crippen LogP contribution >= 0.6 is 0 Å². The number of pyridine rings is 1. The van der Waals surface area contributed by atoms with Gasteiger partial charge >= 0.3 is 6.09 Å². The summed E-state index contributed by atoms with van der Waals surface area (Å²) in [6.07, 6.45) is 3.73. The molecule has 1 aromatic heterocycles. The number of aromatic nitrogens is 1. The van der Waals surface area contributed by atoms with E-state index < -0.39 is 6.09 Å². The first-order chi connectivity index (χ1) is 8.63. The summed E-state index contributed by atoms with van der Waals surface area (Å²) >= 11 is 0. The Morgan fingerprint density at radius 3 is 2.61 bits per heavy atom. The minimum atomic E-state index is -0.974. The molecule has 18 heavy (non-hydrogen) atoms. The van der Waals surface area contributed by atoms with Crippen molar-refractivity contribution in [2.75, 3.05) is 5.32 Å². The van der Waals surface area contributed by atoms with E-state index in [-0.39, 0.29) is 17.9 Å². The molecule has 1 aromatic rings. The van der Waals surface area contributed by atoms with Gasteiger partial charge in [-0.3, -0.25) is 0 Å². The fourth-order valence-electron chi connectivity index (χ4n) is 2.25. The molecule has 0 radical (unpaired) electrons. The van der Waals surface area contributed by atoms with Crippen molar-refractivity contribution in [1.82, 2.24) is 10.3 Å². The molecule has 3 N–H and O–H groups in total. The fraction of sp³-hybridized carbons (Fsp3) is 0.500. The van der Waals surface area contributed by atoms with Gasteiger partial charge < -0.3 is 15.7 Å². The summed E-state index contributed by atoms with van der Waals surface area (Å²) < 4.78 is 13.0. The molecule has 0 unspecified atom stereocenters. The smallest absolute Gasteiger partial charge is 0.404 e. The van der Waals surface area contributed by atoms with Crippen LogP contribution in [0.4, 0.5) is 15.0 Å². The molecule has 98 valence electrons. The van der Waals surface area contributed by atoms with Crippen molar-refractivity contribution < 1.29 is 14.3 Å². The van der Waals surface area contributed by atoms with Crippen molar-refractivity contribution in [1.29, 1.82) is 0 Å². The topological polar surface area (TPSA) is 74.2 Å². The molecule has 0 saturated heterocycles. The van der Waals surface area contributed by atoms with Crippen LogP contribution in [0.2, 0.25) is 0 Å². The maximum Gasteiger partial charge on any atom is 0.404 e. The van der Waals surface area contributed by atoms with Gasteiger partial charge in [-0.15, -0.1) is 0 Å². The lowest BCUT2D eigenvalue weighted by molar-refractivity contribution is 0.185. The molecule has 0 bridgehead atoms. The monoisotopic (exact) mass is 253 g/mol. The van der Waals surface area contributed by atoms with Gasteiger partial charge in [0.15, 0.2) is 0 Å². The second-order valence-corrected chi connectivity index (χ2v) is 4.50. The third-order valence-corrected chi connectivity index (χ3v) is 3.13. The van der Waals surface area contributed by atoms with Crippen molar-refractivity contribution in [2.45, 2.75) is 37.8 Å². The predicted molar refractivity (Wildman–Crippen MR) is 65.0 cm³/mol. The van der Waals surface area contributed by atoms with Gasteiger partial charge in [-0.25, -0.2) is 14.2 Å². The number of halogens is 1. The van der Waals surface area contributed by atoms with Crippen LogP contribution in [0.1, 0.15) is 25.7 Å². The Bertz CT molecular complexity index is 420. The van der Waals surface area contributed by atoms with E-state index in [9.17, 15) is 9.18 Å². The quantitative estimate of drug-likeness (QED) is 0.772. The minimum absolute atomic E-state index is 0.0287. The normalized spacial score (nSPS) is 23.4. The lowest BCUT2D eigenvalue weighted by Gasteiger charge is -2.29. The molecule has 2 rings (SSSR count). The highest BCUT2D eigenvalue weighted by molar-refractivity contribution is 5.64. The van der Waals surface area contributed by atoms with E-state index in [1.165, 1.54) is 18.3 Å². The summed E-state index contributed by atoms with van der Waals surface area (Å²) in [4.78, 5) is 14.5. The molecule has 1 aliphatic rings. The van der Waals surface area contributed by atoms with Crippen LogP contribution in [0.25, 0.3) is 0 Å². The third kappa shape index (κ3) is 3.58. The van der Waals surface area contributed by atoms with E-state index >= 15 is 0 Å². The zero-order chi connectivity index (χ0) is 13.0. The Labute approximate surface area is 104 Å². The molecule has 1 heterocycles. The lowest BCUT2D eigenvalue weighted by Crippen LogP contribution is -2.39. The summed E-state index contributed by atoms with van der Waals surface area (Å²) in [5.74, 6) is 0.221. The van der Waals surface area contributed by atoms with Crippen LogP contribution in [0.3, 0.4) is 0 Å². The zero-order valence-corrected chi connectivity index (χ0v) is 9.90. The van der Waals surface area contributed by atoms with E-state index in [0.29, 0.717) is 5.82 Å². The average molecular weight is 253 g/mol. The maximum atomic E-state index is 13.0. The molecule has 0 aliphatic heterocycles. The second kappa shape index (κ2) is 5.66. The van der Waals surface area contributed by atoms with Gasteiger partial charge in [-0.2, -0.15) is 0 Å². The molecule has 1 aliphatic carbocycles. The Kier molecular flexibility index (Phi) is 3.96. The summed E-state index contributed by atoms with van der Waals surface area (Å²) in [5, 5.41) is 14.3. The van der Waals surface area contributed by atoms with Gasteiger partial charge in [0, 0.05) is 24.3 Å². The molecule has 0 aromatic carbocycles. The highest BCUT2D eigenvalue weighted by Crippen LogP contribution is 2.21. The Morgan fingerprint density at radius 2 is 2.00 bits per heavy atom. The summed E-state index contributed by atoms with van der Waals surface area (Å²) in [6.45, 7) is 0. The number of nitrogens with one attached hydrogen (secondary N) is 2. The number of rotatable bonds is 3. The van der Waals surface area contributed by atoms with E-state index in [0.717, 1.165) is 25.7 Å². The molecule has 1 amide bonds. The standard InChI is InChI=1S/C12H16FN3O2/c13-8-5-6-14-11(7-8)15-9-1-3-10(4-2-9)16-12(17)18/h5-7,9-10,16H,1-4H2,(H,14,15)(H,17,18). The molecule has 1 fully saturated rings. The number of hydrogen-bond acceptors (Lipinski definition) is 3. The van der Waals surface area contributed by atoms with E-state index in [1.807, 2.05) is 0 Å².